The first kappa shape index (κ1) is 16.0. The largest absolute Gasteiger partial charge is 0.387 e. The van der Waals surface area contributed by atoms with Gasteiger partial charge >= 0.3 is 6.03 Å². The molecule has 0 aromatic heterocycles. The van der Waals surface area contributed by atoms with Crippen molar-refractivity contribution in [1.29, 1.82) is 0 Å². The zero-order valence-corrected chi connectivity index (χ0v) is 12.7. The highest BCUT2D eigenvalue weighted by atomic mass is 35.5. The second-order valence-corrected chi connectivity index (χ2v) is 6.01. The molecule has 2 amide bonds. The maximum Gasteiger partial charge on any atom is 0.314 e. The normalized spacial score (nSPS) is 17.1. The van der Waals surface area contributed by atoms with E-state index in [1.807, 2.05) is 0 Å². The van der Waals surface area contributed by atoms with Crippen LogP contribution in [0.5, 0.6) is 0 Å². The Labute approximate surface area is 128 Å². The van der Waals surface area contributed by atoms with E-state index in [-0.39, 0.29) is 23.0 Å². The molecule has 116 valence electrons. The molecule has 2 rings (SSSR count). The molecule has 1 saturated carbocycles. The maximum absolute atomic E-state index is 13.3. The maximum atomic E-state index is 13.3. The first-order valence-corrected chi connectivity index (χ1v) is 7.48. The fraction of sp³-hybridized carbons (Fsp3) is 0.533. The summed E-state index contributed by atoms with van der Waals surface area (Å²) < 4.78 is 13.3. The first-order chi connectivity index (χ1) is 9.96. The monoisotopic (exact) mass is 314 g/mol. The molecule has 21 heavy (non-hydrogen) atoms. The van der Waals surface area contributed by atoms with Crippen LogP contribution >= 0.6 is 11.6 Å². The molecule has 0 bridgehead atoms. The molecule has 0 radical (unpaired) electrons. The van der Waals surface area contributed by atoms with Crippen LogP contribution in [0.3, 0.4) is 0 Å². The molecule has 1 aliphatic carbocycles. The van der Waals surface area contributed by atoms with Crippen molar-refractivity contribution in [2.45, 2.75) is 32.3 Å². The van der Waals surface area contributed by atoms with E-state index in [1.54, 1.807) is 0 Å². The van der Waals surface area contributed by atoms with Gasteiger partial charge in [-0.15, -0.1) is 0 Å². The number of hydrogen-bond donors (Lipinski definition) is 3. The summed E-state index contributed by atoms with van der Waals surface area (Å²) >= 11 is 5.58. The molecular formula is C15H20ClFN2O2. The van der Waals surface area contributed by atoms with Gasteiger partial charge in [-0.3, -0.25) is 0 Å². The second kappa shape index (κ2) is 6.62. The van der Waals surface area contributed by atoms with Crippen LogP contribution in [0.1, 0.15) is 37.9 Å². The molecule has 1 unspecified atom stereocenters. The Kier molecular flexibility index (Phi) is 5.06. The summed E-state index contributed by atoms with van der Waals surface area (Å²) in [6.45, 7) is 2.79. The lowest BCUT2D eigenvalue weighted by molar-refractivity contribution is 0.172. The van der Waals surface area contributed by atoms with Crippen LogP contribution in [0.2, 0.25) is 5.02 Å². The summed E-state index contributed by atoms with van der Waals surface area (Å²) in [4.78, 5) is 11.7. The number of carbonyl (C=O) groups excluding carboxylic acids is 1. The van der Waals surface area contributed by atoms with Gasteiger partial charge in [0.25, 0.3) is 0 Å². The average Bonchev–Trinajstić information content (AvgIpc) is 3.26. The molecule has 1 aliphatic rings. The van der Waals surface area contributed by atoms with Gasteiger partial charge in [-0.1, -0.05) is 24.6 Å². The van der Waals surface area contributed by atoms with E-state index in [0.29, 0.717) is 12.1 Å². The first-order valence-electron chi connectivity index (χ1n) is 7.10. The van der Waals surface area contributed by atoms with Gasteiger partial charge in [-0.05, 0) is 42.4 Å². The quantitative estimate of drug-likeness (QED) is 0.756. The van der Waals surface area contributed by atoms with Gasteiger partial charge in [0.05, 0.1) is 11.1 Å². The highest BCUT2D eigenvalue weighted by Crippen LogP contribution is 2.47. The van der Waals surface area contributed by atoms with Crippen molar-refractivity contribution in [2.24, 2.45) is 5.41 Å². The van der Waals surface area contributed by atoms with Gasteiger partial charge in [0, 0.05) is 13.1 Å². The van der Waals surface area contributed by atoms with Crippen molar-refractivity contribution in [3.63, 3.8) is 0 Å². The van der Waals surface area contributed by atoms with Gasteiger partial charge in [-0.25, -0.2) is 9.18 Å². The molecule has 1 fully saturated rings. The van der Waals surface area contributed by atoms with Gasteiger partial charge in [0.2, 0.25) is 0 Å². The van der Waals surface area contributed by atoms with Crippen molar-refractivity contribution in [3.8, 4) is 0 Å². The highest BCUT2D eigenvalue weighted by molar-refractivity contribution is 6.30. The molecule has 1 aromatic carbocycles. The molecule has 0 spiro atoms. The molecular weight excluding hydrogens is 295 g/mol. The van der Waals surface area contributed by atoms with Crippen LogP contribution in [0.25, 0.3) is 0 Å². The number of rotatable bonds is 6. The number of carbonyl (C=O) groups is 1. The Morgan fingerprint density at radius 2 is 2.19 bits per heavy atom. The molecule has 0 aliphatic heterocycles. The molecule has 4 nitrogen and oxygen atoms in total. The lowest BCUT2D eigenvalue weighted by atomic mass is 10.0. The standard InChI is InChI=1S/C15H20ClFN2O2/c1-2-15(5-6-15)9-19-14(21)18-8-13(20)10-3-4-11(16)12(17)7-10/h3-4,7,13,20H,2,5-6,8-9H2,1H3,(H2,18,19,21). The Morgan fingerprint density at radius 1 is 1.48 bits per heavy atom. The minimum atomic E-state index is -0.969. The third-order valence-electron chi connectivity index (χ3n) is 4.12. The second-order valence-electron chi connectivity index (χ2n) is 5.61. The predicted octanol–water partition coefficient (Wildman–Crippen LogP) is 3.00. The molecule has 1 aromatic rings. The van der Waals surface area contributed by atoms with E-state index in [0.717, 1.165) is 19.3 Å². The number of nitrogens with one attached hydrogen (secondary N) is 2. The Morgan fingerprint density at radius 3 is 2.76 bits per heavy atom. The highest BCUT2D eigenvalue weighted by Gasteiger charge is 2.40. The minimum Gasteiger partial charge on any atom is -0.387 e. The van der Waals surface area contributed by atoms with Crippen molar-refractivity contribution >= 4 is 17.6 Å². The van der Waals surface area contributed by atoms with Crippen LogP contribution in [-0.4, -0.2) is 24.2 Å². The Hall–Kier alpha value is -1.33. The average molecular weight is 315 g/mol. The smallest absolute Gasteiger partial charge is 0.314 e. The van der Waals surface area contributed by atoms with Crippen LogP contribution < -0.4 is 10.6 Å². The van der Waals surface area contributed by atoms with E-state index in [2.05, 4.69) is 17.6 Å². The van der Waals surface area contributed by atoms with Crippen molar-refractivity contribution in [2.75, 3.05) is 13.1 Å². The zero-order valence-electron chi connectivity index (χ0n) is 12.0. The van der Waals surface area contributed by atoms with E-state index >= 15 is 0 Å². The van der Waals surface area contributed by atoms with E-state index in [9.17, 15) is 14.3 Å². The van der Waals surface area contributed by atoms with Crippen LogP contribution in [-0.2, 0) is 0 Å². The third kappa shape index (κ3) is 4.32. The minimum absolute atomic E-state index is 0.00551. The van der Waals surface area contributed by atoms with Crippen molar-refractivity contribution in [1.82, 2.24) is 10.6 Å². The molecule has 6 heteroatoms. The van der Waals surface area contributed by atoms with Gasteiger partial charge in [-0.2, -0.15) is 0 Å². The van der Waals surface area contributed by atoms with E-state index in [4.69, 9.17) is 11.6 Å². The van der Waals surface area contributed by atoms with Crippen molar-refractivity contribution < 1.29 is 14.3 Å². The number of amides is 2. The zero-order chi connectivity index (χ0) is 15.5. The molecule has 0 saturated heterocycles. The fourth-order valence-electron chi connectivity index (χ4n) is 2.19. The van der Waals surface area contributed by atoms with Gasteiger partial charge in [0.1, 0.15) is 5.82 Å². The SMILES string of the molecule is CCC1(CNC(=O)NCC(O)c2ccc(Cl)c(F)c2)CC1. The third-order valence-corrected chi connectivity index (χ3v) is 4.42. The van der Waals surface area contributed by atoms with Crippen LogP contribution in [0.15, 0.2) is 18.2 Å². The molecule has 1 atom stereocenters. The van der Waals surface area contributed by atoms with Crippen molar-refractivity contribution in [3.05, 3.63) is 34.6 Å². The number of benzene rings is 1. The molecule has 3 N–H and O–H groups in total. The summed E-state index contributed by atoms with van der Waals surface area (Å²) in [5.41, 5.74) is 0.652. The number of aliphatic hydroxyl groups excluding tert-OH is 1. The fourth-order valence-corrected chi connectivity index (χ4v) is 2.31. The lowest BCUT2D eigenvalue weighted by Crippen LogP contribution is -2.40. The van der Waals surface area contributed by atoms with E-state index < -0.39 is 11.9 Å². The van der Waals surface area contributed by atoms with Crippen LogP contribution in [0, 0.1) is 11.2 Å². The summed E-state index contributed by atoms with van der Waals surface area (Å²) in [6.07, 6.45) is 2.39. The van der Waals surface area contributed by atoms with Gasteiger partial charge < -0.3 is 15.7 Å². The number of urea groups is 1. The summed E-state index contributed by atoms with van der Waals surface area (Å²) in [7, 11) is 0. The summed E-state index contributed by atoms with van der Waals surface area (Å²) in [5.74, 6) is -0.587. The number of aliphatic hydroxyl groups is 1. The molecule has 0 heterocycles. The van der Waals surface area contributed by atoms with E-state index in [1.165, 1.54) is 18.2 Å². The van der Waals surface area contributed by atoms with Crippen LogP contribution in [0.4, 0.5) is 9.18 Å². The number of hydrogen-bond acceptors (Lipinski definition) is 2. The predicted molar refractivity (Wildman–Crippen MR) is 79.7 cm³/mol. The Bertz CT molecular complexity index is 520. The topological polar surface area (TPSA) is 61.4 Å². The summed E-state index contributed by atoms with van der Waals surface area (Å²) in [6, 6.07) is 3.77. The Balaban J connectivity index is 1.76. The number of halogens is 2. The summed E-state index contributed by atoms with van der Waals surface area (Å²) in [5, 5.41) is 15.3. The lowest BCUT2D eigenvalue weighted by Gasteiger charge is -2.16. The van der Waals surface area contributed by atoms with Gasteiger partial charge in [0.15, 0.2) is 0 Å².